The fourth-order valence-electron chi connectivity index (χ4n) is 5.14. The number of piperidine rings is 1. The number of esters is 1. The zero-order chi connectivity index (χ0) is 29.7. The fourth-order valence-corrected chi connectivity index (χ4v) is 5.14. The molecule has 2 saturated heterocycles. The Kier molecular flexibility index (Phi) is 8.69. The second-order valence-corrected chi connectivity index (χ2v) is 11.5. The van der Waals surface area contributed by atoms with Gasteiger partial charge >= 0.3 is 12.1 Å². The third-order valence-corrected chi connectivity index (χ3v) is 7.32. The van der Waals surface area contributed by atoms with Crippen molar-refractivity contribution >= 4 is 35.2 Å². The van der Waals surface area contributed by atoms with Gasteiger partial charge < -0.3 is 29.5 Å². The first-order chi connectivity index (χ1) is 20.2. The predicted octanol–water partition coefficient (Wildman–Crippen LogP) is 4.12. The van der Waals surface area contributed by atoms with Gasteiger partial charge in [-0.05, 0) is 51.8 Å². The minimum Gasteiger partial charge on any atom is -0.469 e. The number of hydrogen-bond donors (Lipinski definition) is 1. The fraction of sp³-hybridized carbons (Fsp3) is 0.467. The number of pyridine rings is 2. The van der Waals surface area contributed by atoms with Gasteiger partial charge in [-0.3, -0.25) is 9.78 Å². The summed E-state index contributed by atoms with van der Waals surface area (Å²) in [7, 11) is 1.44. The molecule has 0 aliphatic carbocycles. The highest BCUT2D eigenvalue weighted by Crippen LogP contribution is 2.32. The van der Waals surface area contributed by atoms with E-state index in [-0.39, 0.29) is 18.0 Å². The zero-order valence-corrected chi connectivity index (χ0v) is 24.6. The number of carbonyl (C=O) groups excluding carboxylic acids is 2. The number of hydrogen-bond acceptors (Lipinski definition) is 11. The summed E-state index contributed by atoms with van der Waals surface area (Å²) in [6.07, 6.45) is 7.86. The number of nitrogens with one attached hydrogen (secondary N) is 1. The van der Waals surface area contributed by atoms with Gasteiger partial charge in [-0.2, -0.15) is 0 Å². The van der Waals surface area contributed by atoms with Crippen LogP contribution in [0.4, 0.5) is 27.9 Å². The molecule has 2 fully saturated rings. The zero-order valence-electron chi connectivity index (χ0n) is 24.6. The third-order valence-electron chi connectivity index (χ3n) is 7.32. The molecular weight excluding hydrogens is 536 g/mol. The molecule has 42 heavy (non-hydrogen) atoms. The molecule has 2 aliphatic heterocycles. The number of carbonyl (C=O) groups is 2. The molecule has 0 bridgehead atoms. The number of nitrogens with zero attached hydrogens (tertiary/aromatic N) is 7. The van der Waals surface area contributed by atoms with Gasteiger partial charge in [0.05, 0.1) is 24.9 Å². The van der Waals surface area contributed by atoms with Crippen molar-refractivity contribution in [1.29, 1.82) is 0 Å². The van der Waals surface area contributed by atoms with E-state index in [4.69, 9.17) is 14.5 Å². The van der Waals surface area contributed by atoms with E-state index >= 15 is 0 Å². The topological polar surface area (TPSA) is 126 Å². The average Bonchev–Trinajstić information content (AvgIpc) is 3.00. The number of ether oxygens (including phenoxy) is 2. The third kappa shape index (κ3) is 7.23. The molecule has 5 heterocycles. The quantitative estimate of drug-likeness (QED) is 0.427. The number of aromatic nitrogens is 4. The van der Waals surface area contributed by atoms with Crippen LogP contribution in [-0.2, 0) is 14.3 Å². The van der Waals surface area contributed by atoms with Gasteiger partial charge in [0.15, 0.2) is 0 Å². The lowest BCUT2D eigenvalue weighted by molar-refractivity contribution is -0.146. The van der Waals surface area contributed by atoms with E-state index < -0.39 is 5.60 Å². The van der Waals surface area contributed by atoms with E-state index in [1.54, 1.807) is 29.7 Å². The molecule has 1 amide bonds. The van der Waals surface area contributed by atoms with E-state index in [0.717, 1.165) is 48.7 Å². The second kappa shape index (κ2) is 12.6. The Morgan fingerprint density at radius 1 is 0.905 bits per heavy atom. The van der Waals surface area contributed by atoms with E-state index in [9.17, 15) is 9.59 Å². The lowest BCUT2D eigenvalue weighted by atomic mass is 9.96. The summed E-state index contributed by atoms with van der Waals surface area (Å²) < 4.78 is 10.5. The number of piperazine rings is 1. The minimum absolute atomic E-state index is 0.0803. The van der Waals surface area contributed by atoms with Crippen LogP contribution in [0.25, 0.3) is 11.3 Å². The highest BCUT2D eigenvalue weighted by molar-refractivity contribution is 5.74. The van der Waals surface area contributed by atoms with E-state index in [1.165, 1.54) is 7.11 Å². The molecule has 3 aromatic rings. The first kappa shape index (κ1) is 29.0. The van der Waals surface area contributed by atoms with Crippen LogP contribution in [0.2, 0.25) is 0 Å². The van der Waals surface area contributed by atoms with Crippen LogP contribution in [0, 0.1) is 5.92 Å². The Hall–Kier alpha value is -4.48. The smallest absolute Gasteiger partial charge is 0.410 e. The minimum atomic E-state index is -0.524. The maximum atomic E-state index is 12.5. The van der Waals surface area contributed by atoms with Crippen LogP contribution in [0.1, 0.15) is 33.6 Å². The first-order valence-electron chi connectivity index (χ1n) is 14.3. The van der Waals surface area contributed by atoms with Crippen molar-refractivity contribution in [3.8, 4) is 11.3 Å². The normalized spacial score (nSPS) is 16.2. The molecule has 0 atom stereocenters. The lowest BCUT2D eigenvalue weighted by Gasteiger charge is -2.36. The SMILES string of the molecule is COC(=O)C1CCN(c2cc(Nc3cnccn3)nc(-c3ccnc(N4CCN(C(=O)OC(C)(C)C)CC4)c3)c2)CC1. The second-order valence-electron chi connectivity index (χ2n) is 11.5. The van der Waals surface area contributed by atoms with Gasteiger partial charge in [-0.1, -0.05) is 0 Å². The summed E-state index contributed by atoms with van der Waals surface area (Å²) in [5.41, 5.74) is 2.18. The number of methoxy groups -OCH3 is 1. The maximum absolute atomic E-state index is 12.5. The Morgan fingerprint density at radius 2 is 1.67 bits per heavy atom. The average molecular weight is 575 g/mol. The van der Waals surface area contributed by atoms with E-state index in [1.807, 2.05) is 39.0 Å². The summed E-state index contributed by atoms with van der Waals surface area (Å²) in [6.45, 7) is 9.50. The largest absolute Gasteiger partial charge is 0.469 e. The summed E-state index contributed by atoms with van der Waals surface area (Å²) in [6, 6.07) is 8.04. The summed E-state index contributed by atoms with van der Waals surface area (Å²) >= 11 is 0. The van der Waals surface area contributed by atoms with Crippen LogP contribution < -0.4 is 15.1 Å². The molecule has 3 aromatic heterocycles. The van der Waals surface area contributed by atoms with Crippen molar-refractivity contribution in [3.63, 3.8) is 0 Å². The Bertz CT molecular complexity index is 1380. The van der Waals surface area contributed by atoms with Gasteiger partial charge in [0.2, 0.25) is 0 Å². The van der Waals surface area contributed by atoms with Gasteiger partial charge in [-0.15, -0.1) is 0 Å². The Labute approximate surface area is 246 Å². The molecule has 0 aromatic carbocycles. The van der Waals surface area contributed by atoms with Crippen LogP contribution in [0.3, 0.4) is 0 Å². The van der Waals surface area contributed by atoms with Crippen LogP contribution >= 0.6 is 0 Å². The predicted molar refractivity (Wildman–Crippen MR) is 160 cm³/mol. The van der Waals surface area contributed by atoms with Gasteiger partial charge in [0, 0.05) is 75.2 Å². The summed E-state index contributed by atoms with van der Waals surface area (Å²) in [5.74, 6) is 1.83. The molecule has 12 heteroatoms. The molecular formula is C30H38N8O4. The number of amides is 1. The van der Waals surface area contributed by atoms with Crippen LogP contribution in [0.5, 0.6) is 0 Å². The van der Waals surface area contributed by atoms with Crippen molar-refractivity contribution in [2.24, 2.45) is 5.92 Å². The van der Waals surface area contributed by atoms with E-state index in [0.29, 0.717) is 37.8 Å². The maximum Gasteiger partial charge on any atom is 0.410 e. The first-order valence-corrected chi connectivity index (χ1v) is 14.3. The molecule has 5 rings (SSSR count). The van der Waals surface area contributed by atoms with Crippen molar-refractivity contribution in [2.75, 3.05) is 61.5 Å². The molecule has 12 nitrogen and oxygen atoms in total. The molecule has 222 valence electrons. The van der Waals surface area contributed by atoms with Gasteiger partial charge in [0.1, 0.15) is 23.1 Å². The van der Waals surface area contributed by atoms with Crippen molar-refractivity contribution in [1.82, 2.24) is 24.8 Å². The Balaban J connectivity index is 1.36. The summed E-state index contributed by atoms with van der Waals surface area (Å²) in [4.78, 5) is 48.8. The van der Waals surface area contributed by atoms with Crippen LogP contribution in [-0.4, -0.2) is 88.9 Å². The van der Waals surface area contributed by atoms with Crippen molar-refractivity contribution in [2.45, 2.75) is 39.2 Å². The number of rotatable bonds is 6. The van der Waals surface area contributed by atoms with Crippen molar-refractivity contribution in [3.05, 3.63) is 49.1 Å². The standard InChI is InChI=1S/C30H38N8O4/c1-30(2,3)42-29(40)38-15-13-37(14-16-38)27-17-22(5-8-33-27)24-18-23(36-11-6-21(7-12-36)28(39)41-4)19-25(34-24)35-26-20-31-9-10-32-26/h5,8-10,17-21H,6-7,11-16H2,1-4H3,(H,32,34,35). The lowest BCUT2D eigenvalue weighted by Crippen LogP contribution is -2.50. The molecule has 0 spiro atoms. The summed E-state index contributed by atoms with van der Waals surface area (Å²) in [5, 5.41) is 3.28. The molecule has 0 radical (unpaired) electrons. The highest BCUT2D eigenvalue weighted by Gasteiger charge is 2.28. The molecule has 2 aliphatic rings. The monoisotopic (exact) mass is 574 g/mol. The van der Waals surface area contributed by atoms with Gasteiger partial charge in [-0.25, -0.2) is 19.7 Å². The van der Waals surface area contributed by atoms with E-state index in [2.05, 4.69) is 36.1 Å². The van der Waals surface area contributed by atoms with Crippen LogP contribution in [0.15, 0.2) is 49.1 Å². The van der Waals surface area contributed by atoms with Gasteiger partial charge in [0.25, 0.3) is 0 Å². The molecule has 1 N–H and O–H groups in total. The molecule has 0 unspecified atom stereocenters. The molecule has 0 saturated carbocycles. The van der Waals surface area contributed by atoms with Crippen molar-refractivity contribution < 1.29 is 19.1 Å². The Morgan fingerprint density at radius 3 is 2.33 bits per heavy atom. The number of anilines is 4. The highest BCUT2D eigenvalue weighted by atomic mass is 16.6.